The highest BCUT2D eigenvalue weighted by atomic mass is 32.2. The van der Waals surface area contributed by atoms with Crippen molar-refractivity contribution in [2.45, 2.75) is 76.2 Å². The topological polar surface area (TPSA) is 43.4 Å². The Morgan fingerprint density at radius 3 is 2.33 bits per heavy atom. The summed E-state index contributed by atoms with van der Waals surface area (Å²) in [5.74, 6) is 0. The fraction of sp³-hybridized carbons (Fsp3) is 1.00. The van der Waals surface area contributed by atoms with Crippen molar-refractivity contribution in [2.75, 3.05) is 6.26 Å². The molecule has 0 saturated heterocycles. The molecule has 2 atom stereocenters. The first-order chi connectivity index (χ1) is 8.26. The van der Waals surface area contributed by atoms with Crippen molar-refractivity contribution in [3.8, 4) is 0 Å². The predicted molar refractivity (Wildman–Crippen MR) is 79.1 cm³/mol. The Balaban J connectivity index is 2.24. The van der Waals surface area contributed by atoms with Crippen molar-refractivity contribution >= 4 is 18.2 Å². The summed E-state index contributed by atoms with van der Waals surface area (Å²) in [6, 6.07) is 1.31. The largest absolute Gasteiger partial charge is 0.267 e. The summed E-state index contributed by atoms with van der Waals surface area (Å²) < 4.78 is 27.3. The Hall–Kier alpha value is 0.127. The van der Waals surface area contributed by atoms with E-state index >= 15 is 0 Å². The molecule has 18 heavy (non-hydrogen) atoms. The van der Waals surface area contributed by atoms with Crippen LogP contribution >= 0.6 is 0 Å². The summed E-state index contributed by atoms with van der Waals surface area (Å²) in [5, 5.41) is 0. The molecular formula is C13H28O3SSi. The van der Waals surface area contributed by atoms with Crippen molar-refractivity contribution in [1.29, 1.82) is 0 Å². The van der Waals surface area contributed by atoms with Gasteiger partial charge in [-0.2, -0.15) is 8.42 Å². The first kappa shape index (κ1) is 16.2. The van der Waals surface area contributed by atoms with Crippen LogP contribution in [0.5, 0.6) is 0 Å². The maximum atomic E-state index is 11.1. The third-order valence-electron chi connectivity index (χ3n) is 3.96. The van der Waals surface area contributed by atoms with Crippen molar-refractivity contribution < 1.29 is 12.6 Å². The summed E-state index contributed by atoms with van der Waals surface area (Å²) in [4.78, 5) is 0. The van der Waals surface area contributed by atoms with E-state index in [9.17, 15) is 8.42 Å². The molecule has 2 unspecified atom stereocenters. The van der Waals surface area contributed by atoms with Gasteiger partial charge in [0.05, 0.1) is 20.4 Å². The number of rotatable bonds is 9. The molecule has 0 aliphatic heterocycles. The Bertz CT molecular complexity index is 351. The minimum atomic E-state index is -3.26. The van der Waals surface area contributed by atoms with Gasteiger partial charge in [-0.3, -0.25) is 4.18 Å². The molecule has 0 heterocycles. The summed E-state index contributed by atoms with van der Waals surface area (Å²) in [7, 11) is -4.55. The van der Waals surface area contributed by atoms with Gasteiger partial charge in [0, 0.05) is 0 Å². The van der Waals surface area contributed by atoms with Crippen molar-refractivity contribution in [1.82, 2.24) is 0 Å². The summed E-state index contributed by atoms with van der Waals surface area (Å²) in [5.41, 5.74) is 0.554. The smallest absolute Gasteiger partial charge is 0.264 e. The molecule has 1 saturated carbocycles. The quantitative estimate of drug-likeness (QED) is 0.369. The predicted octanol–water partition coefficient (Wildman–Crippen LogP) is 3.78. The third-order valence-corrected chi connectivity index (χ3v) is 8.81. The van der Waals surface area contributed by atoms with Gasteiger partial charge in [-0.25, -0.2) is 0 Å². The second kappa shape index (κ2) is 6.53. The molecule has 1 aliphatic carbocycles. The van der Waals surface area contributed by atoms with Gasteiger partial charge in [0.2, 0.25) is 0 Å². The van der Waals surface area contributed by atoms with Crippen LogP contribution in [0.25, 0.3) is 0 Å². The van der Waals surface area contributed by atoms with E-state index in [1.807, 2.05) is 0 Å². The average Bonchev–Trinajstić information content (AvgIpc) is 2.94. The van der Waals surface area contributed by atoms with Gasteiger partial charge >= 0.3 is 0 Å². The molecule has 0 aromatic rings. The standard InChI is InChI=1S/C13H28O3SSi/c1-5-6-7-8-9-10-18(3,4)13-11-12(13)16-17(2,14)15/h12-13H,5-11H2,1-4H3. The molecule has 3 nitrogen and oxygen atoms in total. The van der Waals surface area contributed by atoms with Crippen LogP contribution in [-0.2, 0) is 14.3 Å². The number of hydrogen-bond acceptors (Lipinski definition) is 3. The number of hydrogen-bond donors (Lipinski definition) is 0. The lowest BCUT2D eigenvalue weighted by molar-refractivity contribution is 0.308. The highest BCUT2D eigenvalue weighted by Gasteiger charge is 2.50. The molecule has 0 bridgehead atoms. The molecule has 1 fully saturated rings. The molecule has 108 valence electrons. The van der Waals surface area contributed by atoms with E-state index < -0.39 is 18.2 Å². The first-order valence-corrected chi connectivity index (χ1v) is 12.2. The fourth-order valence-corrected chi connectivity index (χ4v) is 6.93. The lowest BCUT2D eigenvalue weighted by Crippen LogP contribution is -2.27. The number of unbranched alkanes of at least 4 members (excludes halogenated alkanes) is 4. The van der Waals surface area contributed by atoms with Gasteiger partial charge in [0.25, 0.3) is 10.1 Å². The Morgan fingerprint density at radius 2 is 1.78 bits per heavy atom. The second-order valence-electron chi connectivity index (χ2n) is 6.33. The Kier molecular flexibility index (Phi) is 5.87. The monoisotopic (exact) mass is 292 g/mol. The highest BCUT2D eigenvalue weighted by molar-refractivity contribution is 7.86. The molecular weight excluding hydrogens is 264 g/mol. The minimum absolute atomic E-state index is 0.00249. The fourth-order valence-electron chi connectivity index (χ4n) is 2.69. The lowest BCUT2D eigenvalue weighted by atomic mass is 10.2. The van der Waals surface area contributed by atoms with E-state index in [0.29, 0.717) is 5.54 Å². The summed E-state index contributed by atoms with van der Waals surface area (Å²) in [6.45, 7) is 6.99. The minimum Gasteiger partial charge on any atom is -0.267 e. The van der Waals surface area contributed by atoms with Gasteiger partial charge in [-0.1, -0.05) is 58.2 Å². The van der Waals surface area contributed by atoms with Crippen LogP contribution in [0.1, 0.15) is 45.4 Å². The van der Waals surface area contributed by atoms with Crippen molar-refractivity contribution in [3.63, 3.8) is 0 Å². The van der Waals surface area contributed by atoms with Crippen LogP contribution < -0.4 is 0 Å². The average molecular weight is 293 g/mol. The Morgan fingerprint density at radius 1 is 1.17 bits per heavy atom. The van der Waals surface area contributed by atoms with Crippen molar-refractivity contribution in [3.05, 3.63) is 0 Å². The molecule has 1 aliphatic rings. The van der Waals surface area contributed by atoms with Gasteiger partial charge in [-0.05, 0) is 12.0 Å². The zero-order chi connectivity index (χ0) is 13.8. The van der Waals surface area contributed by atoms with Gasteiger partial charge in [0.15, 0.2) is 0 Å². The van der Waals surface area contributed by atoms with Crippen LogP contribution in [0, 0.1) is 0 Å². The van der Waals surface area contributed by atoms with E-state index in [0.717, 1.165) is 12.7 Å². The molecule has 0 aromatic heterocycles. The van der Waals surface area contributed by atoms with Gasteiger partial charge in [-0.15, -0.1) is 0 Å². The SMILES string of the molecule is CCCCCCC[Si](C)(C)C1CC1OS(C)(=O)=O. The van der Waals surface area contributed by atoms with Gasteiger partial charge in [0.1, 0.15) is 0 Å². The molecule has 0 aromatic carbocycles. The first-order valence-electron chi connectivity index (χ1n) is 7.14. The molecule has 1 rings (SSSR count). The highest BCUT2D eigenvalue weighted by Crippen LogP contribution is 2.50. The van der Waals surface area contributed by atoms with Crippen LogP contribution in [0.15, 0.2) is 0 Å². The van der Waals surface area contributed by atoms with E-state index in [-0.39, 0.29) is 6.10 Å². The third kappa shape index (κ3) is 5.84. The van der Waals surface area contributed by atoms with E-state index in [1.165, 1.54) is 38.1 Å². The molecule has 5 heteroatoms. The summed E-state index contributed by atoms with van der Waals surface area (Å²) >= 11 is 0. The molecule has 0 radical (unpaired) electrons. The normalized spacial score (nSPS) is 24.2. The Labute approximate surface area is 113 Å². The van der Waals surface area contributed by atoms with Crippen LogP contribution in [0.2, 0.25) is 24.7 Å². The lowest BCUT2D eigenvalue weighted by Gasteiger charge is -2.22. The maximum absolute atomic E-state index is 11.1. The van der Waals surface area contributed by atoms with E-state index in [2.05, 4.69) is 20.0 Å². The summed E-state index contributed by atoms with van der Waals surface area (Å²) in [6.07, 6.45) is 8.71. The molecule has 0 amide bonds. The van der Waals surface area contributed by atoms with Gasteiger partial charge < -0.3 is 0 Å². The van der Waals surface area contributed by atoms with Crippen LogP contribution in [0.3, 0.4) is 0 Å². The van der Waals surface area contributed by atoms with Crippen LogP contribution in [0.4, 0.5) is 0 Å². The molecule has 0 N–H and O–H groups in total. The van der Waals surface area contributed by atoms with Crippen LogP contribution in [-0.4, -0.2) is 28.9 Å². The van der Waals surface area contributed by atoms with E-state index in [1.54, 1.807) is 0 Å². The zero-order valence-electron chi connectivity index (χ0n) is 12.2. The molecule has 0 spiro atoms. The maximum Gasteiger partial charge on any atom is 0.264 e. The second-order valence-corrected chi connectivity index (χ2v) is 13.2. The van der Waals surface area contributed by atoms with Crippen molar-refractivity contribution in [2.24, 2.45) is 0 Å². The van der Waals surface area contributed by atoms with E-state index in [4.69, 9.17) is 4.18 Å². The zero-order valence-corrected chi connectivity index (χ0v) is 14.1.